The van der Waals surface area contributed by atoms with Crippen molar-refractivity contribution in [1.82, 2.24) is 0 Å². The van der Waals surface area contributed by atoms with Crippen molar-refractivity contribution in [2.45, 2.75) is 120 Å². The molecule has 0 aromatic rings. The van der Waals surface area contributed by atoms with Crippen molar-refractivity contribution in [1.29, 1.82) is 0 Å². The molecule has 0 aliphatic rings. The summed E-state index contributed by atoms with van der Waals surface area (Å²) in [5, 5.41) is 0. The third-order valence-corrected chi connectivity index (χ3v) is 14.7. The molecule has 0 spiro atoms. The van der Waals surface area contributed by atoms with Crippen LogP contribution in [-0.2, 0) is 0 Å². The van der Waals surface area contributed by atoms with Crippen LogP contribution in [0, 0.1) is 23.2 Å². The highest BCUT2D eigenvalue weighted by molar-refractivity contribution is 6.82. The van der Waals surface area contributed by atoms with Gasteiger partial charge in [0.15, 0.2) is 0 Å². The second kappa shape index (κ2) is 10.3. The van der Waals surface area contributed by atoms with E-state index < -0.39 is 8.07 Å². The lowest BCUT2D eigenvalue weighted by molar-refractivity contribution is 0.104. The molecule has 0 aliphatic heterocycles. The number of rotatable bonds is 7. The maximum Gasteiger partial charge on any atom is 0.0581 e. The first-order chi connectivity index (χ1) is 10.1. The second-order valence-electron chi connectivity index (χ2n) is 10.2. The summed E-state index contributed by atoms with van der Waals surface area (Å²) < 4.78 is 0. The fourth-order valence-electron chi connectivity index (χ4n) is 4.02. The topological polar surface area (TPSA) is 0 Å². The van der Waals surface area contributed by atoms with Crippen molar-refractivity contribution in [3.63, 3.8) is 0 Å². The minimum Gasteiger partial charge on any atom is -0.0686 e. The van der Waals surface area contributed by atoms with Crippen LogP contribution in [0.5, 0.6) is 0 Å². The van der Waals surface area contributed by atoms with E-state index in [0.717, 1.165) is 34.4 Å². The summed E-state index contributed by atoms with van der Waals surface area (Å²) in [6.07, 6.45) is 1.35. The molecule has 0 aromatic heterocycles. The van der Waals surface area contributed by atoms with Gasteiger partial charge in [0, 0.05) is 0 Å². The molecule has 0 atom stereocenters. The van der Waals surface area contributed by atoms with E-state index in [4.69, 9.17) is 0 Å². The first-order valence-corrected chi connectivity index (χ1v) is 12.9. The molecule has 0 bridgehead atoms. The van der Waals surface area contributed by atoms with Crippen LogP contribution in [0.4, 0.5) is 0 Å². The Hall–Kier alpha value is 0.217. The van der Waals surface area contributed by atoms with Gasteiger partial charge in [0.05, 0.1) is 8.07 Å². The van der Waals surface area contributed by atoms with Crippen LogP contribution in [0.15, 0.2) is 0 Å². The van der Waals surface area contributed by atoms with Crippen LogP contribution in [0.1, 0.15) is 96.4 Å². The largest absolute Gasteiger partial charge is 0.0686 e. The van der Waals surface area contributed by atoms with Gasteiger partial charge in [-0.2, -0.15) is 0 Å². The van der Waals surface area contributed by atoms with Crippen molar-refractivity contribution in [2.24, 2.45) is 23.2 Å². The molecule has 0 radical (unpaired) electrons. The number of hydrogen-bond acceptors (Lipinski definition) is 0. The Kier molecular flexibility index (Phi) is 11.4. The Bertz CT molecular complexity index is 267. The Morgan fingerprint density at radius 2 is 0.870 bits per heavy atom. The quantitative estimate of drug-likeness (QED) is 0.406. The molecular formula is C22H50Si. The van der Waals surface area contributed by atoms with Crippen molar-refractivity contribution < 1.29 is 0 Å². The molecule has 0 saturated heterocycles. The van der Waals surface area contributed by atoms with E-state index in [9.17, 15) is 0 Å². The molecule has 0 nitrogen and oxygen atoms in total. The normalized spacial score (nSPS) is 13.6. The summed E-state index contributed by atoms with van der Waals surface area (Å²) in [5.41, 5.74) is 3.28. The van der Waals surface area contributed by atoms with Gasteiger partial charge in [0.1, 0.15) is 0 Å². The third-order valence-electron chi connectivity index (χ3n) is 7.22. The summed E-state index contributed by atoms with van der Waals surface area (Å²) in [6, 6.07) is 0. The van der Waals surface area contributed by atoms with Gasteiger partial charge in [-0.15, -0.1) is 0 Å². The lowest BCUT2D eigenvalue weighted by atomic mass is 9.66. The summed E-state index contributed by atoms with van der Waals surface area (Å²) in [5.74, 6) is 2.40. The van der Waals surface area contributed by atoms with Crippen molar-refractivity contribution in [3.05, 3.63) is 0 Å². The molecule has 0 aromatic carbocycles. The molecule has 0 saturated carbocycles. The molecule has 0 aliphatic carbocycles. The smallest absolute Gasteiger partial charge is 0.0581 e. The number of hydrogen-bond donors (Lipinski definition) is 0. The third kappa shape index (κ3) is 7.32. The Balaban J connectivity index is 0. The van der Waals surface area contributed by atoms with Gasteiger partial charge in [-0.25, -0.2) is 0 Å². The van der Waals surface area contributed by atoms with Gasteiger partial charge >= 0.3 is 0 Å². The van der Waals surface area contributed by atoms with Gasteiger partial charge < -0.3 is 0 Å². The van der Waals surface area contributed by atoms with E-state index in [1.807, 2.05) is 0 Å². The van der Waals surface area contributed by atoms with Crippen LogP contribution >= 0.6 is 0 Å². The van der Waals surface area contributed by atoms with Crippen LogP contribution in [0.3, 0.4) is 0 Å². The summed E-state index contributed by atoms with van der Waals surface area (Å²) >= 11 is 0. The fraction of sp³-hybridized carbons (Fsp3) is 1.00. The molecule has 23 heavy (non-hydrogen) atoms. The lowest BCUT2D eigenvalue weighted by Gasteiger charge is -2.39. The van der Waals surface area contributed by atoms with Crippen molar-refractivity contribution in [3.8, 4) is 0 Å². The molecule has 142 valence electrons. The predicted octanol–water partition coefficient (Wildman–Crippen LogP) is 8.65. The molecule has 0 unspecified atom stereocenters. The van der Waals surface area contributed by atoms with E-state index in [2.05, 4.69) is 96.6 Å². The maximum atomic E-state index is 2.55. The standard InChI is InChI=1S/C12H26.C10H24Si/c1-9(2)8-12(7,10(3)4)11(5)6;1-8(2)11(7,9(3)4)10(5)6/h9-11H,8H2,1-7H3;8-10H,1-7H3. The Morgan fingerprint density at radius 1 is 0.609 bits per heavy atom. The van der Waals surface area contributed by atoms with Crippen LogP contribution in [0.2, 0.25) is 23.2 Å². The average Bonchev–Trinajstić information content (AvgIpc) is 2.36. The van der Waals surface area contributed by atoms with Gasteiger partial charge in [-0.3, -0.25) is 0 Å². The zero-order chi connectivity index (χ0) is 19.2. The van der Waals surface area contributed by atoms with Crippen molar-refractivity contribution >= 4 is 8.07 Å². The van der Waals surface area contributed by atoms with E-state index in [0.29, 0.717) is 5.41 Å². The van der Waals surface area contributed by atoms with Gasteiger partial charge in [0.2, 0.25) is 0 Å². The van der Waals surface area contributed by atoms with Crippen molar-refractivity contribution in [2.75, 3.05) is 0 Å². The molecule has 1 heteroatoms. The summed E-state index contributed by atoms with van der Waals surface area (Å²) in [4.78, 5) is 0. The first-order valence-electron chi connectivity index (χ1n) is 10.1. The minimum atomic E-state index is -0.981. The molecule has 0 amide bonds. The van der Waals surface area contributed by atoms with Crippen LogP contribution in [0.25, 0.3) is 0 Å². The lowest BCUT2D eigenvalue weighted by Crippen LogP contribution is -2.40. The SMILES string of the molecule is CC(C)CC(C)(C(C)C)C(C)C.CC(C)[Si](C)(C(C)C)C(C)C. The predicted molar refractivity (Wildman–Crippen MR) is 114 cm³/mol. The van der Waals surface area contributed by atoms with E-state index in [1.54, 1.807) is 0 Å². The van der Waals surface area contributed by atoms with E-state index in [-0.39, 0.29) is 0 Å². The highest BCUT2D eigenvalue weighted by Gasteiger charge is 2.37. The maximum absolute atomic E-state index is 2.55. The second-order valence-corrected chi connectivity index (χ2v) is 16.4. The molecule has 0 N–H and O–H groups in total. The highest BCUT2D eigenvalue weighted by atomic mass is 28.3. The molecular weight excluding hydrogens is 292 g/mol. The summed E-state index contributed by atoms with van der Waals surface area (Å²) in [7, 11) is -0.981. The molecule has 0 fully saturated rings. The summed E-state index contributed by atoms with van der Waals surface area (Å²) in [6.45, 7) is 33.4. The molecule has 0 rings (SSSR count). The van der Waals surface area contributed by atoms with Gasteiger partial charge in [-0.05, 0) is 29.6 Å². The van der Waals surface area contributed by atoms with Crippen LogP contribution < -0.4 is 0 Å². The Morgan fingerprint density at radius 3 is 0.913 bits per heavy atom. The molecule has 0 heterocycles. The Labute approximate surface area is 151 Å². The fourth-order valence-corrected chi connectivity index (χ4v) is 8.02. The zero-order valence-electron chi connectivity index (χ0n) is 19.2. The van der Waals surface area contributed by atoms with Gasteiger partial charge in [0.25, 0.3) is 0 Å². The van der Waals surface area contributed by atoms with E-state index >= 15 is 0 Å². The first kappa shape index (κ1) is 25.5. The minimum absolute atomic E-state index is 0.522. The zero-order valence-corrected chi connectivity index (χ0v) is 20.2. The highest BCUT2D eigenvalue weighted by Crippen LogP contribution is 2.41. The van der Waals surface area contributed by atoms with Crippen LogP contribution in [-0.4, -0.2) is 8.07 Å². The monoisotopic (exact) mass is 342 g/mol. The van der Waals surface area contributed by atoms with Gasteiger partial charge in [-0.1, -0.05) is 113 Å². The van der Waals surface area contributed by atoms with E-state index in [1.165, 1.54) is 6.42 Å². The average molecular weight is 343 g/mol.